The normalized spacial score (nSPS) is 12.4. The Morgan fingerprint density at radius 3 is 2.56 bits per heavy atom. The summed E-state index contributed by atoms with van der Waals surface area (Å²) in [6.45, 7) is 1.65. The molecular formula is C17H14ClF3N4OS. The van der Waals surface area contributed by atoms with Crippen molar-refractivity contribution in [2.24, 2.45) is 7.05 Å². The first-order chi connectivity index (χ1) is 12.8. The molecular weight excluding hydrogens is 401 g/mol. The Bertz CT molecular complexity index is 1010. The maximum atomic E-state index is 14.6. The van der Waals surface area contributed by atoms with Crippen LogP contribution in [0.25, 0.3) is 11.3 Å². The molecule has 3 aromatic rings. The predicted octanol–water partition coefficient (Wildman–Crippen LogP) is 5.05. The summed E-state index contributed by atoms with van der Waals surface area (Å²) in [4.78, 5) is 7.91. The zero-order valence-electron chi connectivity index (χ0n) is 14.3. The monoisotopic (exact) mass is 414 g/mol. The fraction of sp³-hybridized carbons (Fsp3) is 0.176. The van der Waals surface area contributed by atoms with Crippen LogP contribution in [0.4, 0.5) is 13.2 Å². The van der Waals surface area contributed by atoms with Crippen molar-refractivity contribution >= 4 is 28.0 Å². The molecule has 27 heavy (non-hydrogen) atoms. The second-order valence-electron chi connectivity index (χ2n) is 5.51. The van der Waals surface area contributed by atoms with Gasteiger partial charge in [-0.15, -0.1) is 0 Å². The van der Waals surface area contributed by atoms with Crippen LogP contribution in [0, 0.1) is 12.7 Å². The number of rotatable bonds is 5. The Balaban J connectivity index is 2.09. The zero-order chi connectivity index (χ0) is 19.7. The molecule has 0 spiro atoms. The van der Waals surface area contributed by atoms with E-state index in [4.69, 9.17) is 16.3 Å². The highest BCUT2D eigenvalue weighted by molar-refractivity contribution is 8.14. The van der Waals surface area contributed by atoms with Gasteiger partial charge in [-0.1, -0.05) is 28.0 Å². The molecule has 0 aliphatic heterocycles. The van der Waals surface area contributed by atoms with Crippen molar-refractivity contribution in [2.75, 3.05) is 0 Å². The number of hydrogen-bond acceptors (Lipinski definition) is 4. The van der Waals surface area contributed by atoms with Crippen molar-refractivity contribution in [1.29, 1.82) is 0 Å². The third kappa shape index (κ3) is 3.84. The van der Waals surface area contributed by atoms with Crippen LogP contribution in [-0.2, 0) is 7.05 Å². The average Bonchev–Trinajstić information content (AvgIpc) is 2.91. The van der Waals surface area contributed by atoms with Crippen molar-refractivity contribution in [3.63, 3.8) is 0 Å². The maximum Gasteiger partial charge on any atom is 0.321 e. The van der Waals surface area contributed by atoms with E-state index in [2.05, 4.69) is 20.9 Å². The van der Waals surface area contributed by atoms with Gasteiger partial charge in [-0.05, 0) is 30.7 Å². The smallest absolute Gasteiger partial charge is 0.321 e. The topological polar surface area (TPSA) is 52.8 Å². The van der Waals surface area contributed by atoms with Gasteiger partial charge in [0.25, 0.3) is 5.76 Å². The summed E-state index contributed by atoms with van der Waals surface area (Å²) >= 11 is 6.25. The van der Waals surface area contributed by atoms with Crippen molar-refractivity contribution in [2.45, 2.75) is 17.7 Å². The van der Waals surface area contributed by atoms with E-state index >= 15 is 0 Å². The van der Waals surface area contributed by atoms with E-state index in [0.717, 1.165) is 0 Å². The van der Waals surface area contributed by atoms with Crippen molar-refractivity contribution < 1.29 is 17.9 Å². The Hall–Kier alpha value is -2.39. The molecule has 0 saturated heterocycles. The van der Waals surface area contributed by atoms with Gasteiger partial charge in [0, 0.05) is 25.0 Å². The van der Waals surface area contributed by atoms with Gasteiger partial charge in [0.15, 0.2) is 0 Å². The van der Waals surface area contributed by atoms with Crippen LogP contribution in [-0.4, -0.2) is 31.4 Å². The van der Waals surface area contributed by atoms with Crippen LogP contribution in [0.15, 0.2) is 35.6 Å². The van der Waals surface area contributed by atoms with E-state index in [1.165, 1.54) is 36.3 Å². The minimum Gasteiger partial charge on any atom is -0.424 e. The number of ether oxygens (including phenoxy) is 1. The number of benzene rings is 1. The van der Waals surface area contributed by atoms with Gasteiger partial charge in [0.05, 0.1) is 0 Å². The Labute approximate surface area is 160 Å². The highest BCUT2D eigenvalue weighted by Crippen LogP contribution is 2.42. The molecule has 0 aliphatic rings. The molecule has 0 radical (unpaired) electrons. The largest absolute Gasteiger partial charge is 0.424 e. The van der Waals surface area contributed by atoms with E-state index in [9.17, 15) is 13.2 Å². The lowest BCUT2D eigenvalue weighted by Gasteiger charge is -2.10. The first-order valence-corrected chi connectivity index (χ1v) is 9.42. The molecule has 10 heteroatoms. The van der Waals surface area contributed by atoms with Gasteiger partial charge in [-0.25, -0.2) is 14.4 Å². The number of hydrogen-bond donors (Lipinski definition) is 0. The van der Waals surface area contributed by atoms with Crippen LogP contribution in [0.1, 0.15) is 5.56 Å². The molecule has 1 aromatic carbocycles. The summed E-state index contributed by atoms with van der Waals surface area (Å²) in [6.07, 6.45) is 3.01. The molecule has 0 saturated carbocycles. The lowest BCUT2D eigenvalue weighted by atomic mass is 10.1. The van der Waals surface area contributed by atoms with E-state index < -0.39 is 22.1 Å². The third-order valence-electron chi connectivity index (χ3n) is 3.67. The van der Waals surface area contributed by atoms with Gasteiger partial charge in [0.1, 0.15) is 27.3 Å². The molecule has 0 bridgehead atoms. The van der Waals surface area contributed by atoms with Gasteiger partial charge in [0.2, 0.25) is 0 Å². The predicted molar refractivity (Wildman–Crippen MR) is 99.4 cm³/mol. The minimum absolute atomic E-state index is 0.0182. The highest BCUT2D eigenvalue weighted by atomic mass is 35.5. The maximum absolute atomic E-state index is 14.6. The SMILES string of the molecule is C=S(c1c(Cl)c(-c2cc(Oc3ncccn3)c(C)cc2F)nn1C)C(F)F. The van der Waals surface area contributed by atoms with Crippen molar-refractivity contribution in [3.8, 4) is 23.0 Å². The van der Waals surface area contributed by atoms with E-state index in [-0.39, 0.29) is 27.3 Å². The molecule has 0 aliphatic carbocycles. The standard InChI is InChI=1S/C17H14ClF3N4OS/c1-9-7-11(19)10(8-12(9)26-17-22-5-4-6-23-17)14-13(18)15(25(2)24-14)27(3)16(20)21/h4-8,16H,3H2,1-2H3. The van der Waals surface area contributed by atoms with Crippen LogP contribution >= 0.6 is 22.1 Å². The van der Waals surface area contributed by atoms with Gasteiger partial charge < -0.3 is 4.74 Å². The molecule has 2 heterocycles. The van der Waals surface area contributed by atoms with Gasteiger partial charge >= 0.3 is 6.01 Å². The van der Waals surface area contributed by atoms with Crippen LogP contribution < -0.4 is 4.74 Å². The molecule has 142 valence electrons. The Morgan fingerprint density at radius 1 is 1.26 bits per heavy atom. The molecule has 0 N–H and O–H groups in total. The Kier molecular flexibility index (Phi) is 5.52. The van der Waals surface area contributed by atoms with E-state index in [0.29, 0.717) is 11.3 Å². The lowest BCUT2D eigenvalue weighted by Crippen LogP contribution is -1.97. The molecule has 1 unspecified atom stereocenters. The first kappa shape index (κ1) is 19.4. The van der Waals surface area contributed by atoms with Gasteiger partial charge in [-0.3, -0.25) is 4.68 Å². The summed E-state index contributed by atoms with van der Waals surface area (Å²) in [5.74, 6) is 0.423. The number of alkyl halides is 2. The fourth-order valence-electron chi connectivity index (χ4n) is 2.40. The summed E-state index contributed by atoms with van der Waals surface area (Å²) < 4.78 is 47.5. The first-order valence-electron chi connectivity index (χ1n) is 7.58. The number of nitrogens with zero attached hydrogens (tertiary/aromatic N) is 4. The zero-order valence-corrected chi connectivity index (χ0v) is 15.9. The van der Waals surface area contributed by atoms with Crippen LogP contribution in [0.2, 0.25) is 5.02 Å². The second kappa shape index (κ2) is 7.69. The summed E-state index contributed by atoms with van der Waals surface area (Å²) in [7, 11) is -0.240. The lowest BCUT2D eigenvalue weighted by molar-refractivity contribution is 0.251. The second-order valence-corrected chi connectivity index (χ2v) is 7.49. The van der Waals surface area contributed by atoms with E-state index in [1.807, 2.05) is 0 Å². The number of aryl methyl sites for hydroxylation is 2. The molecule has 2 aromatic heterocycles. The van der Waals surface area contributed by atoms with Crippen LogP contribution in [0.5, 0.6) is 11.8 Å². The molecule has 3 rings (SSSR count). The summed E-state index contributed by atoms with van der Waals surface area (Å²) in [6, 6.07) is 4.35. The fourth-order valence-corrected chi connectivity index (χ4v) is 3.84. The molecule has 5 nitrogen and oxygen atoms in total. The molecule has 1 atom stereocenters. The average molecular weight is 415 g/mol. The third-order valence-corrected chi connectivity index (χ3v) is 5.53. The van der Waals surface area contributed by atoms with Crippen LogP contribution in [0.3, 0.4) is 0 Å². The quantitative estimate of drug-likeness (QED) is 0.548. The summed E-state index contributed by atoms with van der Waals surface area (Å²) in [5, 5.41) is 4.10. The van der Waals surface area contributed by atoms with E-state index in [1.54, 1.807) is 13.0 Å². The molecule has 0 fully saturated rings. The number of aromatic nitrogens is 4. The van der Waals surface area contributed by atoms with Gasteiger partial charge in [-0.2, -0.15) is 13.9 Å². The van der Waals surface area contributed by atoms with Crippen molar-refractivity contribution in [3.05, 3.63) is 47.0 Å². The summed E-state index contributed by atoms with van der Waals surface area (Å²) in [5.41, 5.74) is 0.553. The molecule has 0 amide bonds. The minimum atomic E-state index is -2.71. The van der Waals surface area contributed by atoms with Crippen molar-refractivity contribution in [1.82, 2.24) is 19.7 Å². The Morgan fingerprint density at radius 2 is 1.93 bits per heavy atom. The number of halogens is 4. The highest BCUT2D eigenvalue weighted by Gasteiger charge is 2.24.